The van der Waals surface area contributed by atoms with Crippen molar-refractivity contribution in [3.63, 3.8) is 0 Å². The number of nitrogens with one attached hydrogen (secondary N) is 1. The number of hydrogen-bond acceptors (Lipinski definition) is 4. The summed E-state index contributed by atoms with van der Waals surface area (Å²) in [4.78, 5) is 0.997. The van der Waals surface area contributed by atoms with Crippen molar-refractivity contribution < 1.29 is 4.39 Å². The maximum atomic E-state index is 13.4. The van der Waals surface area contributed by atoms with Gasteiger partial charge in [0, 0.05) is 0 Å². The van der Waals surface area contributed by atoms with E-state index in [-0.39, 0.29) is 11.9 Å². The standard InChI is InChI=1S/C12H14FN3S/c1-3-14-12(11-7-15-16-17-11)9-4-8(2)5-10(13)6-9/h4-7,12,14H,3H2,1-2H3. The van der Waals surface area contributed by atoms with Crippen LogP contribution in [0.1, 0.15) is 29.0 Å². The molecule has 90 valence electrons. The van der Waals surface area contributed by atoms with Crippen LogP contribution in [0.5, 0.6) is 0 Å². The van der Waals surface area contributed by atoms with Gasteiger partial charge in [-0.05, 0) is 48.3 Å². The molecule has 2 aromatic rings. The average molecular weight is 251 g/mol. The van der Waals surface area contributed by atoms with Crippen LogP contribution < -0.4 is 5.32 Å². The van der Waals surface area contributed by atoms with Crippen LogP contribution in [0.2, 0.25) is 0 Å². The van der Waals surface area contributed by atoms with Gasteiger partial charge in [-0.2, -0.15) is 0 Å². The predicted octanol–water partition coefficient (Wildman–Crippen LogP) is 2.68. The van der Waals surface area contributed by atoms with Gasteiger partial charge in [-0.25, -0.2) is 4.39 Å². The summed E-state index contributed by atoms with van der Waals surface area (Å²) in [6.07, 6.45) is 1.72. The van der Waals surface area contributed by atoms with Gasteiger partial charge in [-0.1, -0.05) is 17.5 Å². The summed E-state index contributed by atoms with van der Waals surface area (Å²) >= 11 is 1.33. The van der Waals surface area contributed by atoms with Gasteiger partial charge < -0.3 is 5.32 Å². The highest BCUT2D eigenvalue weighted by atomic mass is 32.1. The van der Waals surface area contributed by atoms with Crippen molar-refractivity contribution in [3.8, 4) is 0 Å². The fraction of sp³-hybridized carbons (Fsp3) is 0.333. The first-order valence-corrected chi connectivity index (χ1v) is 6.25. The maximum Gasteiger partial charge on any atom is 0.123 e. The molecule has 5 heteroatoms. The number of halogens is 1. The summed E-state index contributed by atoms with van der Waals surface area (Å²) in [6.45, 7) is 4.71. The van der Waals surface area contributed by atoms with Gasteiger partial charge in [0.25, 0.3) is 0 Å². The van der Waals surface area contributed by atoms with E-state index in [4.69, 9.17) is 0 Å². The fourth-order valence-electron chi connectivity index (χ4n) is 1.82. The van der Waals surface area contributed by atoms with Gasteiger partial charge in [0.2, 0.25) is 0 Å². The van der Waals surface area contributed by atoms with Gasteiger partial charge >= 0.3 is 0 Å². The summed E-state index contributed by atoms with van der Waals surface area (Å²) in [7, 11) is 0. The van der Waals surface area contributed by atoms with Crippen molar-refractivity contribution in [2.24, 2.45) is 0 Å². The van der Waals surface area contributed by atoms with Gasteiger partial charge in [0.05, 0.1) is 17.1 Å². The zero-order valence-corrected chi connectivity index (χ0v) is 10.6. The minimum absolute atomic E-state index is 0.0330. The number of rotatable bonds is 4. The Morgan fingerprint density at radius 2 is 2.24 bits per heavy atom. The summed E-state index contributed by atoms with van der Waals surface area (Å²) in [5.41, 5.74) is 1.83. The Hall–Kier alpha value is -1.33. The highest BCUT2D eigenvalue weighted by Gasteiger charge is 2.16. The van der Waals surface area contributed by atoms with Crippen LogP contribution >= 0.6 is 11.5 Å². The van der Waals surface area contributed by atoms with Crippen LogP contribution in [0.25, 0.3) is 0 Å². The second kappa shape index (κ2) is 5.33. The molecule has 0 radical (unpaired) electrons. The van der Waals surface area contributed by atoms with E-state index < -0.39 is 0 Å². The van der Waals surface area contributed by atoms with Crippen molar-refractivity contribution in [3.05, 3.63) is 46.2 Å². The summed E-state index contributed by atoms with van der Waals surface area (Å²) in [6, 6.07) is 5.03. The van der Waals surface area contributed by atoms with Gasteiger partial charge in [0.15, 0.2) is 0 Å². The third-order valence-electron chi connectivity index (χ3n) is 2.47. The van der Waals surface area contributed by atoms with Gasteiger partial charge in [0.1, 0.15) is 5.82 Å². The Balaban J connectivity index is 2.38. The van der Waals surface area contributed by atoms with Crippen molar-refractivity contribution in [2.75, 3.05) is 6.54 Å². The maximum absolute atomic E-state index is 13.4. The molecule has 0 saturated heterocycles. The largest absolute Gasteiger partial charge is 0.306 e. The predicted molar refractivity (Wildman–Crippen MR) is 66.6 cm³/mol. The zero-order chi connectivity index (χ0) is 12.3. The van der Waals surface area contributed by atoms with Crippen LogP contribution in [0.15, 0.2) is 24.4 Å². The van der Waals surface area contributed by atoms with E-state index in [1.165, 1.54) is 17.6 Å². The average Bonchev–Trinajstić information content (AvgIpc) is 2.77. The van der Waals surface area contributed by atoms with Crippen LogP contribution in [0, 0.1) is 12.7 Å². The number of aryl methyl sites for hydroxylation is 1. The van der Waals surface area contributed by atoms with Crippen molar-refractivity contribution in [1.82, 2.24) is 14.9 Å². The van der Waals surface area contributed by atoms with Crippen LogP contribution in [0.3, 0.4) is 0 Å². The molecule has 0 fully saturated rings. The molecule has 0 aliphatic carbocycles. The third kappa shape index (κ3) is 2.87. The van der Waals surface area contributed by atoms with Gasteiger partial charge in [-0.15, -0.1) is 5.10 Å². The molecular formula is C12H14FN3S. The van der Waals surface area contributed by atoms with Crippen molar-refractivity contribution in [1.29, 1.82) is 0 Å². The number of nitrogens with zero attached hydrogens (tertiary/aromatic N) is 2. The summed E-state index contributed by atoms with van der Waals surface area (Å²) in [5, 5.41) is 7.15. The van der Waals surface area contributed by atoms with Crippen molar-refractivity contribution >= 4 is 11.5 Å². The Kier molecular flexibility index (Phi) is 3.81. The fourth-order valence-corrected chi connectivity index (χ4v) is 2.43. The topological polar surface area (TPSA) is 37.8 Å². The first-order chi connectivity index (χ1) is 8.20. The Morgan fingerprint density at radius 3 is 2.82 bits per heavy atom. The SMILES string of the molecule is CCNC(c1cc(C)cc(F)c1)c1cnns1. The molecular weight excluding hydrogens is 237 g/mol. The molecule has 0 spiro atoms. The normalized spacial score (nSPS) is 12.6. The molecule has 1 heterocycles. The number of benzene rings is 1. The lowest BCUT2D eigenvalue weighted by molar-refractivity contribution is 0.605. The Morgan fingerprint density at radius 1 is 1.41 bits per heavy atom. The number of aromatic nitrogens is 2. The molecule has 0 aliphatic rings. The van der Waals surface area contributed by atoms with Crippen LogP contribution in [-0.4, -0.2) is 16.1 Å². The molecule has 0 saturated carbocycles. The third-order valence-corrected chi connectivity index (χ3v) is 3.20. The lowest BCUT2D eigenvalue weighted by atomic mass is 10.0. The molecule has 1 atom stereocenters. The van der Waals surface area contributed by atoms with Gasteiger partial charge in [-0.3, -0.25) is 0 Å². The minimum Gasteiger partial charge on any atom is -0.306 e. The second-order valence-electron chi connectivity index (χ2n) is 3.87. The Bertz CT molecular complexity index is 464. The minimum atomic E-state index is -0.208. The summed E-state index contributed by atoms with van der Waals surface area (Å²) < 4.78 is 17.3. The van der Waals surface area contributed by atoms with Crippen LogP contribution in [-0.2, 0) is 0 Å². The number of hydrogen-bond donors (Lipinski definition) is 1. The Labute approximate surface area is 104 Å². The molecule has 2 rings (SSSR count). The molecule has 0 bridgehead atoms. The van der Waals surface area contributed by atoms with Crippen LogP contribution in [0.4, 0.5) is 4.39 Å². The van der Waals surface area contributed by atoms with E-state index >= 15 is 0 Å². The second-order valence-corrected chi connectivity index (χ2v) is 4.69. The molecule has 3 nitrogen and oxygen atoms in total. The van der Waals surface area contributed by atoms with E-state index in [2.05, 4.69) is 14.9 Å². The molecule has 1 unspecified atom stereocenters. The molecule has 1 aromatic carbocycles. The molecule has 1 aromatic heterocycles. The molecule has 17 heavy (non-hydrogen) atoms. The summed E-state index contributed by atoms with van der Waals surface area (Å²) in [5.74, 6) is -0.208. The van der Waals surface area contributed by atoms with E-state index in [1.54, 1.807) is 12.3 Å². The first kappa shape index (κ1) is 12.1. The van der Waals surface area contributed by atoms with E-state index in [1.807, 2.05) is 19.9 Å². The molecule has 0 aliphatic heterocycles. The molecule has 1 N–H and O–H groups in total. The van der Waals surface area contributed by atoms with Crippen molar-refractivity contribution in [2.45, 2.75) is 19.9 Å². The van der Waals surface area contributed by atoms with E-state index in [0.717, 1.165) is 22.5 Å². The monoisotopic (exact) mass is 251 g/mol. The highest BCUT2D eigenvalue weighted by Crippen LogP contribution is 2.25. The first-order valence-electron chi connectivity index (χ1n) is 5.48. The van der Waals surface area contributed by atoms with E-state index in [0.29, 0.717) is 0 Å². The highest BCUT2D eigenvalue weighted by molar-refractivity contribution is 7.05. The lowest BCUT2D eigenvalue weighted by Crippen LogP contribution is -2.21. The smallest absolute Gasteiger partial charge is 0.123 e. The molecule has 0 amide bonds. The quantitative estimate of drug-likeness (QED) is 0.908. The zero-order valence-electron chi connectivity index (χ0n) is 9.77. The lowest BCUT2D eigenvalue weighted by Gasteiger charge is -2.16. The van der Waals surface area contributed by atoms with E-state index in [9.17, 15) is 4.39 Å².